The minimum absolute atomic E-state index is 0.173. The molecule has 0 aliphatic heterocycles. The first-order valence-electron chi connectivity index (χ1n) is 5.24. The molecule has 0 saturated heterocycles. The number of carboxylic acid groups (broad SMARTS) is 1. The normalized spacial score (nSPS) is 11.9. The summed E-state index contributed by atoms with van der Waals surface area (Å²) in [6.45, 7) is -0.279. The molecule has 1 aromatic rings. The smallest absolute Gasteiger partial charge is 0.305 e. The minimum atomic E-state index is -1.13. The molecule has 1 rings (SSSR count). The van der Waals surface area contributed by atoms with Crippen molar-refractivity contribution in [3.05, 3.63) is 27.2 Å². The molecule has 0 radical (unpaired) electrons. The van der Waals surface area contributed by atoms with Crippen LogP contribution >= 0.6 is 27.5 Å². The lowest BCUT2D eigenvalue weighted by atomic mass is 10.0. The van der Waals surface area contributed by atoms with Crippen LogP contribution in [0.1, 0.15) is 18.0 Å². The maximum Gasteiger partial charge on any atom is 0.305 e. The lowest BCUT2D eigenvalue weighted by Gasteiger charge is -2.19. The summed E-state index contributed by atoms with van der Waals surface area (Å²) in [4.78, 5) is 22.1. The number of carboxylic acids is 1. The van der Waals surface area contributed by atoms with Gasteiger partial charge >= 0.3 is 5.97 Å². The van der Waals surface area contributed by atoms with Crippen LogP contribution in [-0.4, -0.2) is 28.6 Å². The molecule has 1 amide bonds. The van der Waals surface area contributed by atoms with Gasteiger partial charge in [0.1, 0.15) is 5.75 Å². The Morgan fingerprint density at radius 3 is 2.63 bits per heavy atom. The van der Waals surface area contributed by atoms with E-state index in [-0.39, 0.29) is 17.9 Å². The van der Waals surface area contributed by atoms with Crippen LogP contribution in [0.5, 0.6) is 5.75 Å². The number of phenolic OH excluding ortho intramolecular Hbond substituents is 1. The van der Waals surface area contributed by atoms with Crippen LogP contribution in [0.15, 0.2) is 16.6 Å². The second kappa shape index (κ2) is 6.74. The van der Waals surface area contributed by atoms with Gasteiger partial charge in [0.25, 0.3) is 0 Å². The topological polar surface area (TPSA) is 113 Å². The highest BCUT2D eigenvalue weighted by atomic mass is 79.9. The molecule has 0 aliphatic rings. The average Bonchev–Trinajstić information content (AvgIpc) is 2.32. The molecule has 0 unspecified atom stereocenters. The van der Waals surface area contributed by atoms with Gasteiger partial charge in [-0.3, -0.25) is 9.59 Å². The number of benzene rings is 1. The SMILES string of the molecule is NCC(=O)N[C@@H](CC(=O)O)c1cc(Cl)cc(Br)c1O. The predicted octanol–water partition coefficient (Wildman–Crippen LogP) is 1.40. The van der Waals surface area contributed by atoms with Gasteiger partial charge in [-0.1, -0.05) is 11.6 Å². The van der Waals surface area contributed by atoms with Crippen molar-refractivity contribution in [3.63, 3.8) is 0 Å². The summed E-state index contributed by atoms with van der Waals surface area (Å²) in [5.74, 6) is -1.83. The molecule has 1 aromatic carbocycles. The summed E-state index contributed by atoms with van der Waals surface area (Å²) in [7, 11) is 0. The maximum atomic E-state index is 11.3. The van der Waals surface area contributed by atoms with Crippen molar-refractivity contribution < 1.29 is 19.8 Å². The number of carbonyl (C=O) groups is 2. The number of nitrogens with two attached hydrogens (primary N) is 1. The lowest BCUT2D eigenvalue weighted by Crippen LogP contribution is -2.34. The number of carbonyl (C=O) groups excluding carboxylic acids is 1. The third-order valence-corrected chi connectivity index (χ3v) is 3.16. The molecule has 19 heavy (non-hydrogen) atoms. The first kappa shape index (κ1) is 15.7. The third kappa shape index (κ3) is 4.38. The van der Waals surface area contributed by atoms with E-state index in [1.165, 1.54) is 12.1 Å². The minimum Gasteiger partial charge on any atom is -0.506 e. The Labute approximate surface area is 122 Å². The van der Waals surface area contributed by atoms with Crippen LogP contribution in [0, 0.1) is 0 Å². The van der Waals surface area contributed by atoms with Crippen molar-refractivity contribution in [2.24, 2.45) is 5.73 Å². The van der Waals surface area contributed by atoms with Gasteiger partial charge in [0.05, 0.1) is 23.5 Å². The van der Waals surface area contributed by atoms with Gasteiger partial charge in [-0.2, -0.15) is 0 Å². The Kier molecular flexibility index (Phi) is 5.59. The molecular formula is C11H12BrClN2O4. The number of nitrogens with one attached hydrogen (secondary N) is 1. The van der Waals surface area contributed by atoms with E-state index >= 15 is 0 Å². The Bertz CT molecular complexity index is 510. The summed E-state index contributed by atoms with van der Waals surface area (Å²) < 4.78 is 0.312. The van der Waals surface area contributed by atoms with Crippen LogP contribution in [0.3, 0.4) is 0 Å². The maximum absolute atomic E-state index is 11.3. The first-order valence-corrected chi connectivity index (χ1v) is 6.41. The lowest BCUT2D eigenvalue weighted by molar-refractivity contribution is -0.137. The fourth-order valence-corrected chi connectivity index (χ4v) is 2.35. The van der Waals surface area contributed by atoms with Gasteiger partial charge in [-0.25, -0.2) is 0 Å². The number of hydrogen-bond acceptors (Lipinski definition) is 4. The zero-order valence-corrected chi connectivity index (χ0v) is 12.0. The molecule has 104 valence electrons. The average molecular weight is 352 g/mol. The Balaban J connectivity index is 3.16. The van der Waals surface area contributed by atoms with Crippen molar-refractivity contribution in [2.75, 3.05) is 6.54 Å². The van der Waals surface area contributed by atoms with Crippen molar-refractivity contribution in [3.8, 4) is 5.75 Å². The molecular weight excluding hydrogens is 339 g/mol. The number of rotatable bonds is 5. The Morgan fingerprint density at radius 2 is 2.11 bits per heavy atom. The Hall–Kier alpha value is -1.31. The fraction of sp³-hybridized carbons (Fsp3) is 0.273. The number of phenols is 1. The van der Waals surface area contributed by atoms with Crippen LogP contribution < -0.4 is 11.1 Å². The Morgan fingerprint density at radius 1 is 1.47 bits per heavy atom. The number of hydrogen-bond donors (Lipinski definition) is 4. The van der Waals surface area contributed by atoms with E-state index in [9.17, 15) is 14.7 Å². The second-order valence-electron chi connectivity index (χ2n) is 3.75. The number of aliphatic carboxylic acids is 1. The second-order valence-corrected chi connectivity index (χ2v) is 5.04. The van der Waals surface area contributed by atoms with Gasteiger partial charge in [0, 0.05) is 10.6 Å². The van der Waals surface area contributed by atoms with E-state index in [0.29, 0.717) is 9.50 Å². The van der Waals surface area contributed by atoms with E-state index in [2.05, 4.69) is 21.2 Å². The molecule has 0 aromatic heterocycles. The molecule has 0 aliphatic carbocycles. The van der Waals surface area contributed by atoms with Gasteiger partial charge < -0.3 is 21.3 Å². The van der Waals surface area contributed by atoms with Crippen LogP contribution in [0.2, 0.25) is 5.02 Å². The molecule has 0 heterocycles. The van der Waals surface area contributed by atoms with Crippen LogP contribution in [-0.2, 0) is 9.59 Å². The molecule has 1 atom stereocenters. The zero-order chi connectivity index (χ0) is 14.6. The van der Waals surface area contributed by atoms with Crippen molar-refractivity contribution in [2.45, 2.75) is 12.5 Å². The summed E-state index contributed by atoms with van der Waals surface area (Å²) >= 11 is 8.94. The van der Waals surface area contributed by atoms with Crippen LogP contribution in [0.4, 0.5) is 0 Å². The molecule has 0 saturated carbocycles. The quantitative estimate of drug-likeness (QED) is 0.640. The molecule has 0 spiro atoms. The third-order valence-electron chi connectivity index (χ3n) is 2.33. The monoisotopic (exact) mass is 350 g/mol. The van der Waals surface area contributed by atoms with Crippen molar-refractivity contribution in [1.82, 2.24) is 5.32 Å². The summed E-state index contributed by atoms with van der Waals surface area (Å²) in [6.07, 6.45) is -0.397. The number of aromatic hydroxyl groups is 1. The summed E-state index contributed by atoms with van der Waals surface area (Å²) in [6, 6.07) is 1.94. The highest BCUT2D eigenvalue weighted by Crippen LogP contribution is 2.36. The van der Waals surface area contributed by atoms with Crippen molar-refractivity contribution in [1.29, 1.82) is 0 Å². The van der Waals surface area contributed by atoms with Gasteiger partial charge in [-0.05, 0) is 28.1 Å². The largest absolute Gasteiger partial charge is 0.506 e. The fourth-order valence-electron chi connectivity index (χ4n) is 1.52. The van der Waals surface area contributed by atoms with Gasteiger partial charge in [0.15, 0.2) is 0 Å². The highest BCUT2D eigenvalue weighted by molar-refractivity contribution is 9.10. The zero-order valence-electron chi connectivity index (χ0n) is 9.69. The summed E-state index contributed by atoms with van der Waals surface area (Å²) in [5.41, 5.74) is 5.38. The molecule has 8 heteroatoms. The molecule has 5 N–H and O–H groups in total. The molecule has 0 bridgehead atoms. The molecule has 0 fully saturated rings. The van der Waals surface area contributed by atoms with E-state index in [0.717, 1.165) is 0 Å². The first-order chi connectivity index (χ1) is 8.85. The molecule has 6 nitrogen and oxygen atoms in total. The van der Waals surface area contributed by atoms with E-state index in [1.54, 1.807) is 0 Å². The van der Waals surface area contributed by atoms with Gasteiger partial charge in [0.2, 0.25) is 5.91 Å². The van der Waals surface area contributed by atoms with Crippen molar-refractivity contribution >= 4 is 39.4 Å². The summed E-state index contributed by atoms with van der Waals surface area (Å²) in [5, 5.41) is 21.5. The van der Waals surface area contributed by atoms with E-state index in [4.69, 9.17) is 22.4 Å². The standard InChI is InChI=1S/C11H12BrClN2O4/c12-7-2-5(13)1-6(11(7)19)8(3-10(17)18)15-9(16)4-14/h1-2,8,19H,3-4,14H2,(H,15,16)(H,17,18)/t8-/m0/s1. The van der Waals surface area contributed by atoms with E-state index < -0.39 is 24.3 Å². The van der Waals surface area contributed by atoms with Crippen LogP contribution in [0.25, 0.3) is 0 Å². The van der Waals surface area contributed by atoms with E-state index in [1.807, 2.05) is 0 Å². The highest BCUT2D eigenvalue weighted by Gasteiger charge is 2.22. The predicted molar refractivity (Wildman–Crippen MR) is 73.0 cm³/mol. The van der Waals surface area contributed by atoms with Gasteiger partial charge in [-0.15, -0.1) is 0 Å². The number of amides is 1. The number of halogens is 2.